The first-order valence-corrected chi connectivity index (χ1v) is 12.4. The van der Waals surface area contributed by atoms with Crippen molar-refractivity contribution in [1.29, 1.82) is 0 Å². The number of aliphatic hydroxyl groups is 1. The topological polar surface area (TPSA) is 102 Å². The van der Waals surface area contributed by atoms with Crippen LogP contribution in [0.4, 0.5) is 5.82 Å². The molecule has 2 aliphatic rings. The lowest BCUT2D eigenvalue weighted by atomic mass is 10.0. The lowest BCUT2D eigenvalue weighted by molar-refractivity contribution is -0.134. The third-order valence-corrected chi connectivity index (χ3v) is 7.07. The molecule has 1 saturated heterocycles. The highest BCUT2D eigenvalue weighted by molar-refractivity contribution is 6.30. The van der Waals surface area contributed by atoms with Crippen molar-refractivity contribution >= 4 is 29.2 Å². The Morgan fingerprint density at radius 3 is 2.51 bits per heavy atom. The second-order valence-corrected chi connectivity index (χ2v) is 9.95. The van der Waals surface area contributed by atoms with Crippen molar-refractivity contribution in [3.63, 3.8) is 0 Å². The second-order valence-electron chi connectivity index (χ2n) is 9.51. The van der Waals surface area contributed by atoms with Gasteiger partial charge in [0, 0.05) is 50.9 Å². The first-order valence-electron chi connectivity index (χ1n) is 12.0. The number of hydrogen-bond donors (Lipinski definition) is 2. The molecule has 188 valence electrons. The Balaban J connectivity index is 1.44. The van der Waals surface area contributed by atoms with E-state index in [4.69, 9.17) is 11.6 Å². The number of anilines is 1. The van der Waals surface area contributed by atoms with E-state index < -0.39 is 12.1 Å². The van der Waals surface area contributed by atoms with Crippen molar-refractivity contribution < 1.29 is 14.7 Å². The van der Waals surface area contributed by atoms with Crippen LogP contribution in [-0.2, 0) is 16.0 Å². The first kappa shape index (κ1) is 25.3. The molecule has 1 aromatic heterocycles. The summed E-state index contributed by atoms with van der Waals surface area (Å²) >= 11 is 6.02. The van der Waals surface area contributed by atoms with E-state index in [0.717, 1.165) is 22.6 Å². The third kappa shape index (κ3) is 5.74. The van der Waals surface area contributed by atoms with Crippen molar-refractivity contribution in [2.45, 2.75) is 37.8 Å². The quantitative estimate of drug-likeness (QED) is 0.595. The summed E-state index contributed by atoms with van der Waals surface area (Å²) in [5, 5.41) is 14.1. The number of carbonyl (C=O) groups is 2. The van der Waals surface area contributed by atoms with E-state index in [0.29, 0.717) is 44.0 Å². The fourth-order valence-corrected chi connectivity index (χ4v) is 4.91. The summed E-state index contributed by atoms with van der Waals surface area (Å²) in [7, 11) is 3.39. The molecule has 10 heteroatoms. The summed E-state index contributed by atoms with van der Waals surface area (Å²) in [5.74, 6) is 0.942. The summed E-state index contributed by atoms with van der Waals surface area (Å²) < 4.78 is 0. The van der Waals surface area contributed by atoms with Crippen LogP contribution in [0, 0.1) is 0 Å². The van der Waals surface area contributed by atoms with E-state index in [1.807, 2.05) is 17.0 Å². The summed E-state index contributed by atoms with van der Waals surface area (Å²) in [5.41, 5.74) is 2.71. The summed E-state index contributed by atoms with van der Waals surface area (Å²) in [6.45, 7) is 4.56. The molecule has 9 nitrogen and oxygen atoms in total. The van der Waals surface area contributed by atoms with Crippen LogP contribution in [0.5, 0.6) is 0 Å². The third-order valence-electron chi connectivity index (χ3n) is 6.82. The zero-order valence-electron chi connectivity index (χ0n) is 20.4. The SMILES string of the molecule is C[C@@H]1C[C@@H](O)c2ncnc(N3CCN(C(=O)[C@@H](Cc4ccc(Cl)cc4)NCC(=O)N(C)C)CC3)c21. The average Bonchev–Trinajstić information content (AvgIpc) is 3.15. The number of aromatic nitrogens is 2. The molecule has 4 rings (SSSR count). The molecule has 1 aliphatic heterocycles. The van der Waals surface area contributed by atoms with Gasteiger partial charge in [-0.05, 0) is 36.5 Å². The Morgan fingerprint density at radius 2 is 1.86 bits per heavy atom. The highest BCUT2D eigenvalue weighted by atomic mass is 35.5. The normalized spacial score (nSPS) is 20.5. The van der Waals surface area contributed by atoms with Gasteiger partial charge in [-0.15, -0.1) is 0 Å². The van der Waals surface area contributed by atoms with Gasteiger partial charge in [-0.25, -0.2) is 9.97 Å². The zero-order chi connectivity index (χ0) is 25.1. The Labute approximate surface area is 211 Å². The minimum atomic E-state index is -0.547. The fraction of sp³-hybridized carbons (Fsp3) is 0.520. The molecule has 0 spiro atoms. The minimum Gasteiger partial charge on any atom is -0.387 e. The molecule has 0 saturated carbocycles. The van der Waals surface area contributed by atoms with Gasteiger partial charge < -0.3 is 19.8 Å². The lowest BCUT2D eigenvalue weighted by Crippen LogP contribution is -2.56. The van der Waals surface area contributed by atoms with Crippen molar-refractivity contribution in [2.75, 3.05) is 51.7 Å². The number of aliphatic hydroxyl groups excluding tert-OH is 1. The largest absolute Gasteiger partial charge is 0.387 e. The molecule has 2 amide bonds. The van der Waals surface area contributed by atoms with Crippen LogP contribution in [0.25, 0.3) is 0 Å². The second kappa shape index (κ2) is 10.9. The van der Waals surface area contributed by atoms with Gasteiger partial charge in [0.2, 0.25) is 11.8 Å². The molecule has 3 atom stereocenters. The number of likely N-dealkylation sites (N-methyl/N-ethyl adjacent to an activating group) is 1. The zero-order valence-corrected chi connectivity index (χ0v) is 21.2. The summed E-state index contributed by atoms with van der Waals surface area (Å²) in [4.78, 5) is 40.1. The molecule has 0 bridgehead atoms. The van der Waals surface area contributed by atoms with E-state index in [-0.39, 0.29) is 24.3 Å². The number of piperazine rings is 1. The molecule has 2 heterocycles. The van der Waals surface area contributed by atoms with Crippen LogP contribution >= 0.6 is 11.6 Å². The molecule has 2 aromatic rings. The van der Waals surface area contributed by atoms with Crippen molar-refractivity contribution in [3.8, 4) is 0 Å². The predicted octanol–water partition coefficient (Wildman–Crippen LogP) is 1.61. The lowest BCUT2D eigenvalue weighted by Gasteiger charge is -2.38. The number of nitrogens with one attached hydrogen (secondary N) is 1. The van der Waals surface area contributed by atoms with Crippen LogP contribution < -0.4 is 10.2 Å². The highest BCUT2D eigenvalue weighted by Crippen LogP contribution is 2.42. The number of halogens is 1. The standard InChI is InChI=1S/C25H33ClN6O3/c1-16-12-20(33)23-22(16)24(29-15-28-23)31-8-10-32(11-9-31)25(35)19(27-14-21(34)30(2)3)13-17-4-6-18(26)7-5-17/h4-7,15-16,19-20,27,33H,8-14H2,1-3H3/t16-,19-,20-/m1/s1. The number of rotatable bonds is 7. The van der Waals surface area contributed by atoms with Gasteiger partial charge in [0.25, 0.3) is 0 Å². The number of nitrogens with zero attached hydrogens (tertiary/aromatic N) is 5. The number of carbonyl (C=O) groups excluding carboxylic acids is 2. The van der Waals surface area contributed by atoms with Crippen LogP contribution in [0.2, 0.25) is 5.02 Å². The summed E-state index contributed by atoms with van der Waals surface area (Å²) in [6.07, 6.45) is 2.09. The van der Waals surface area contributed by atoms with E-state index >= 15 is 0 Å². The molecule has 35 heavy (non-hydrogen) atoms. The molecular formula is C25H33ClN6O3. The average molecular weight is 501 g/mol. The highest BCUT2D eigenvalue weighted by Gasteiger charge is 2.34. The van der Waals surface area contributed by atoms with E-state index in [2.05, 4.69) is 27.1 Å². The Bertz CT molecular complexity index is 1060. The summed E-state index contributed by atoms with van der Waals surface area (Å²) in [6, 6.07) is 6.90. The Morgan fingerprint density at radius 1 is 1.17 bits per heavy atom. The maximum Gasteiger partial charge on any atom is 0.240 e. The van der Waals surface area contributed by atoms with Gasteiger partial charge >= 0.3 is 0 Å². The van der Waals surface area contributed by atoms with Crippen LogP contribution in [0.3, 0.4) is 0 Å². The van der Waals surface area contributed by atoms with E-state index in [9.17, 15) is 14.7 Å². The van der Waals surface area contributed by atoms with E-state index in [1.165, 1.54) is 11.2 Å². The van der Waals surface area contributed by atoms with Crippen molar-refractivity contribution in [3.05, 3.63) is 52.4 Å². The van der Waals surface area contributed by atoms with Gasteiger partial charge in [0.1, 0.15) is 12.1 Å². The molecule has 1 aromatic carbocycles. The smallest absolute Gasteiger partial charge is 0.240 e. The number of fused-ring (bicyclic) bond motifs is 1. The van der Waals surface area contributed by atoms with Crippen molar-refractivity contribution in [2.24, 2.45) is 0 Å². The molecule has 0 radical (unpaired) electrons. The molecule has 1 aliphatic carbocycles. The predicted molar refractivity (Wildman–Crippen MR) is 134 cm³/mol. The molecular weight excluding hydrogens is 468 g/mol. The van der Waals surface area contributed by atoms with Gasteiger partial charge in [-0.2, -0.15) is 0 Å². The maximum absolute atomic E-state index is 13.5. The number of amides is 2. The van der Waals surface area contributed by atoms with E-state index in [1.54, 1.807) is 26.2 Å². The first-order chi connectivity index (χ1) is 16.7. The Kier molecular flexibility index (Phi) is 7.88. The van der Waals surface area contributed by atoms with Crippen LogP contribution in [-0.4, -0.2) is 89.5 Å². The molecule has 2 N–H and O–H groups in total. The molecule has 1 fully saturated rings. The van der Waals surface area contributed by atoms with Crippen LogP contribution in [0.15, 0.2) is 30.6 Å². The Hall–Kier alpha value is -2.75. The van der Waals surface area contributed by atoms with Crippen LogP contribution in [0.1, 0.15) is 42.2 Å². The van der Waals surface area contributed by atoms with Gasteiger partial charge in [0.05, 0.1) is 24.4 Å². The fourth-order valence-electron chi connectivity index (χ4n) is 4.78. The van der Waals surface area contributed by atoms with Gasteiger partial charge in [-0.3, -0.25) is 14.9 Å². The van der Waals surface area contributed by atoms with Crippen molar-refractivity contribution in [1.82, 2.24) is 25.1 Å². The monoisotopic (exact) mass is 500 g/mol. The number of benzene rings is 1. The van der Waals surface area contributed by atoms with Gasteiger partial charge in [-0.1, -0.05) is 30.7 Å². The van der Waals surface area contributed by atoms with Gasteiger partial charge in [0.15, 0.2) is 0 Å². The minimum absolute atomic E-state index is 0.0251. The molecule has 0 unspecified atom stereocenters. The number of hydrogen-bond acceptors (Lipinski definition) is 7. The maximum atomic E-state index is 13.5.